The second-order valence-corrected chi connectivity index (χ2v) is 7.20. The lowest BCUT2D eigenvalue weighted by atomic mass is 9.68. The van der Waals surface area contributed by atoms with Gasteiger partial charge < -0.3 is 5.73 Å². The summed E-state index contributed by atoms with van der Waals surface area (Å²) in [5, 5.41) is 0. The topological polar surface area (TPSA) is 26.0 Å². The molecule has 1 heteroatoms. The molecule has 2 fully saturated rings. The molecule has 1 aromatic rings. The van der Waals surface area contributed by atoms with E-state index in [1.54, 1.807) is 5.56 Å². The lowest BCUT2D eigenvalue weighted by Crippen LogP contribution is -2.38. The molecule has 19 heavy (non-hydrogen) atoms. The first-order valence-electron chi connectivity index (χ1n) is 7.81. The maximum atomic E-state index is 6.23. The van der Waals surface area contributed by atoms with Gasteiger partial charge in [0.25, 0.3) is 0 Å². The Hall–Kier alpha value is -0.820. The van der Waals surface area contributed by atoms with Gasteiger partial charge in [0.2, 0.25) is 0 Å². The first kappa shape index (κ1) is 13.2. The van der Waals surface area contributed by atoms with Gasteiger partial charge in [-0.25, -0.2) is 0 Å². The van der Waals surface area contributed by atoms with E-state index in [4.69, 9.17) is 5.73 Å². The van der Waals surface area contributed by atoms with Crippen LogP contribution in [0.2, 0.25) is 0 Å². The number of hydrogen-bond acceptors (Lipinski definition) is 1. The van der Waals surface area contributed by atoms with Crippen molar-refractivity contribution in [2.24, 2.45) is 23.0 Å². The minimum Gasteiger partial charge on any atom is -0.330 e. The third kappa shape index (κ3) is 2.12. The molecule has 0 heterocycles. The Morgan fingerprint density at radius 1 is 1.16 bits per heavy atom. The van der Waals surface area contributed by atoms with E-state index in [9.17, 15) is 0 Å². The molecular weight excluding hydrogens is 230 g/mol. The predicted molar refractivity (Wildman–Crippen MR) is 81.3 cm³/mol. The monoisotopic (exact) mass is 257 g/mol. The first-order valence-corrected chi connectivity index (χ1v) is 7.81. The largest absolute Gasteiger partial charge is 0.330 e. The number of aryl methyl sites for hydroxylation is 3. The molecule has 2 aliphatic carbocycles. The molecule has 0 spiro atoms. The third-order valence-corrected chi connectivity index (χ3v) is 5.88. The van der Waals surface area contributed by atoms with Gasteiger partial charge in [0, 0.05) is 0 Å². The van der Waals surface area contributed by atoms with Gasteiger partial charge in [0.15, 0.2) is 0 Å². The van der Waals surface area contributed by atoms with Crippen LogP contribution in [0.1, 0.15) is 47.9 Å². The summed E-state index contributed by atoms with van der Waals surface area (Å²) in [4.78, 5) is 0. The minimum atomic E-state index is 0.410. The Labute approximate surface area is 117 Å². The molecule has 3 unspecified atom stereocenters. The molecular formula is C18H27N. The zero-order chi connectivity index (χ0) is 13.6. The van der Waals surface area contributed by atoms with Crippen LogP contribution in [0.4, 0.5) is 0 Å². The lowest BCUT2D eigenvalue weighted by Gasteiger charge is -2.38. The van der Waals surface area contributed by atoms with Crippen molar-refractivity contribution >= 4 is 0 Å². The summed E-state index contributed by atoms with van der Waals surface area (Å²) in [6.07, 6.45) is 6.91. The average Bonchev–Trinajstić information content (AvgIpc) is 2.94. The Balaban J connectivity index is 1.92. The summed E-state index contributed by atoms with van der Waals surface area (Å²) in [6, 6.07) is 4.67. The van der Waals surface area contributed by atoms with Crippen molar-refractivity contribution < 1.29 is 0 Å². The van der Waals surface area contributed by atoms with E-state index < -0.39 is 0 Å². The number of benzene rings is 1. The van der Waals surface area contributed by atoms with Gasteiger partial charge >= 0.3 is 0 Å². The molecule has 2 saturated carbocycles. The van der Waals surface area contributed by atoms with Gasteiger partial charge in [-0.2, -0.15) is 0 Å². The summed E-state index contributed by atoms with van der Waals surface area (Å²) in [5.41, 5.74) is 12.5. The van der Waals surface area contributed by atoms with Crippen LogP contribution < -0.4 is 5.73 Å². The summed E-state index contributed by atoms with van der Waals surface area (Å²) >= 11 is 0. The Kier molecular flexibility index (Phi) is 3.21. The highest BCUT2D eigenvalue weighted by atomic mass is 14.7. The summed E-state index contributed by atoms with van der Waals surface area (Å²) < 4.78 is 0. The molecule has 2 bridgehead atoms. The minimum absolute atomic E-state index is 0.410. The van der Waals surface area contributed by atoms with Crippen LogP contribution in [-0.4, -0.2) is 6.54 Å². The van der Waals surface area contributed by atoms with Gasteiger partial charge in [0.1, 0.15) is 0 Å². The zero-order valence-corrected chi connectivity index (χ0v) is 12.6. The zero-order valence-electron chi connectivity index (χ0n) is 12.6. The normalized spacial score (nSPS) is 33.1. The number of hydrogen-bond donors (Lipinski definition) is 1. The van der Waals surface area contributed by atoms with Crippen molar-refractivity contribution in [2.75, 3.05) is 6.54 Å². The molecule has 0 aliphatic heterocycles. The molecule has 2 aliphatic rings. The molecule has 2 N–H and O–H groups in total. The summed E-state index contributed by atoms with van der Waals surface area (Å²) in [5.74, 6) is 1.86. The lowest BCUT2D eigenvalue weighted by molar-refractivity contribution is 0.171. The molecule has 3 atom stereocenters. The second kappa shape index (κ2) is 4.63. The predicted octanol–water partition coefficient (Wildman–Crippen LogP) is 3.92. The van der Waals surface area contributed by atoms with Crippen LogP contribution in [0.25, 0.3) is 0 Å². The highest BCUT2D eigenvalue weighted by Crippen LogP contribution is 2.57. The molecule has 3 rings (SSSR count). The highest BCUT2D eigenvalue weighted by Gasteiger charge is 2.49. The Bertz CT molecular complexity index is 467. The van der Waals surface area contributed by atoms with Crippen molar-refractivity contribution in [3.8, 4) is 0 Å². The first-order chi connectivity index (χ1) is 9.04. The van der Waals surface area contributed by atoms with Crippen LogP contribution in [-0.2, 0) is 6.42 Å². The van der Waals surface area contributed by atoms with Gasteiger partial charge in [0.05, 0.1) is 0 Å². The summed E-state index contributed by atoms with van der Waals surface area (Å²) in [7, 11) is 0. The maximum absolute atomic E-state index is 6.23. The van der Waals surface area contributed by atoms with Crippen molar-refractivity contribution in [2.45, 2.75) is 52.9 Å². The number of nitrogens with two attached hydrogens (primary N) is 1. The molecule has 0 amide bonds. The van der Waals surface area contributed by atoms with Crippen LogP contribution in [0.3, 0.4) is 0 Å². The SMILES string of the molecule is Cc1cc(C)c(CC2(CN)CC3CCC2C3)c(C)c1. The molecule has 1 nitrogen and oxygen atoms in total. The van der Waals surface area contributed by atoms with Crippen molar-refractivity contribution in [3.05, 3.63) is 34.4 Å². The van der Waals surface area contributed by atoms with E-state index in [2.05, 4.69) is 32.9 Å². The standard InChI is InChI=1S/C18H27N/c1-12-6-13(2)17(14(3)7-12)10-18(11-19)9-15-4-5-16(18)8-15/h6-7,15-16H,4-5,8-11,19H2,1-3H3. The quantitative estimate of drug-likeness (QED) is 0.872. The smallest absolute Gasteiger partial charge is 0.00146 e. The van der Waals surface area contributed by atoms with Crippen LogP contribution >= 0.6 is 0 Å². The maximum Gasteiger partial charge on any atom is -0.00146 e. The fraction of sp³-hybridized carbons (Fsp3) is 0.667. The van der Waals surface area contributed by atoms with E-state index in [0.717, 1.165) is 18.4 Å². The van der Waals surface area contributed by atoms with E-state index in [1.807, 2.05) is 0 Å². The van der Waals surface area contributed by atoms with Gasteiger partial charge in [-0.15, -0.1) is 0 Å². The third-order valence-electron chi connectivity index (χ3n) is 5.88. The van der Waals surface area contributed by atoms with E-state index in [1.165, 1.54) is 48.8 Å². The Morgan fingerprint density at radius 3 is 2.32 bits per heavy atom. The molecule has 1 aromatic carbocycles. The molecule has 0 saturated heterocycles. The van der Waals surface area contributed by atoms with Gasteiger partial charge in [-0.1, -0.05) is 24.1 Å². The highest BCUT2D eigenvalue weighted by molar-refractivity contribution is 5.38. The van der Waals surface area contributed by atoms with E-state index in [0.29, 0.717) is 5.41 Å². The second-order valence-electron chi connectivity index (χ2n) is 7.20. The van der Waals surface area contributed by atoms with Gasteiger partial charge in [-0.3, -0.25) is 0 Å². The van der Waals surface area contributed by atoms with Crippen molar-refractivity contribution in [1.29, 1.82) is 0 Å². The van der Waals surface area contributed by atoms with Crippen molar-refractivity contribution in [3.63, 3.8) is 0 Å². The molecule has 0 radical (unpaired) electrons. The number of fused-ring (bicyclic) bond motifs is 2. The van der Waals surface area contributed by atoms with E-state index in [-0.39, 0.29) is 0 Å². The molecule has 0 aromatic heterocycles. The van der Waals surface area contributed by atoms with Crippen molar-refractivity contribution in [1.82, 2.24) is 0 Å². The average molecular weight is 257 g/mol. The Morgan fingerprint density at radius 2 is 1.84 bits per heavy atom. The van der Waals surface area contributed by atoms with Crippen LogP contribution in [0, 0.1) is 38.0 Å². The fourth-order valence-electron chi connectivity index (χ4n) is 4.94. The summed E-state index contributed by atoms with van der Waals surface area (Å²) in [6.45, 7) is 7.61. The number of rotatable bonds is 3. The van der Waals surface area contributed by atoms with Crippen LogP contribution in [0.5, 0.6) is 0 Å². The molecule has 104 valence electrons. The van der Waals surface area contributed by atoms with Gasteiger partial charge in [-0.05, 0) is 86.9 Å². The van der Waals surface area contributed by atoms with Crippen LogP contribution in [0.15, 0.2) is 12.1 Å². The fourth-order valence-corrected chi connectivity index (χ4v) is 4.94. The van der Waals surface area contributed by atoms with E-state index >= 15 is 0 Å².